The summed E-state index contributed by atoms with van der Waals surface area (Å²) in [6.07, 6.45) is 2.60. The molecule has 0 atom stereocenters. The van der Waals surface area contributed by atoms with Crippen molar-refractivity contribution in [1.29, 1.82) is 10.7 Å². The van der Waals surface area contributed by atoms with Gasteiger partial charge in [-0.05, 0) is 23.8 Å². The summed E-state index contributed by atoms with van der Waals surface area (Å²) in [6.45, 7) is 0.372. The number of benzene rings is 1. The lowest BCUT2D eigenvalue weighted by molar-refractivity contribution is 0.328. The van der Waals surface area contributed by atoms with E-state index in [1.807, 2.05) is 6.07 Å². The summed E-state index contributed by atoms with van der Waals surface area (Å²) in [5.74, 6) is 0.638. The molecular weight excluding hydrogens is 218 g/mol. The third kappa shape index (κ3) is 4.26. The number of nitroso groups, excluding NO2 is 1. The van der Waals surface area contributed by atoms with E-state index in [-0.39, 0.29) is 18.7 Å². The minimum absolute atomic E-state index is 0.119. The third-order valence-electron chi connectivity index (χ3n) is 1.94. The molecule has 0 heterocycles. The van der Waals surface area contributed by atoms with Gasteiger partial charge in [0.2, 0.25) is 0 Å². The van der Waals surface area contributed by atoms with Crippen LogP contribution in [0.1, 0.15) is 5.56 Å². The van der Waals surface area contributed by atoms with E-state index in [1.54, 1.807) is 30.3 Å². The van der Waals surface area contributed by atoms with E-state index in [0.717, 1.165) is 11.8 Å². The Morgan fingerprint density at radius 1 is 1.47 bits per heavy atom. The summed E-state index contributed by atoms with van der Waals surface area (Å²) < 4.78 is 5.23. The topological polar surface area (TPSA) is 86.3 Å². The van der Waals surface area contributed by atoms with Crippen molar-refractivity contribution in [2.24, 2.45) is 5.18 Å². The van der Waals surface area contributed by atoms with Crippen molar-refractivity contribution in [3.8, 4) is 11.8 Å². The zero-order valence-corrected chi connectivity index (χ0v) is 9.09. The Kier molecular flexibility index (Phi) is 5.11. The van der Waals surface area contributed by atoms with Crippen molar-refractivity contribution in [2.45, 2.75) is 0 Å². The number of hydrogen-bond acceptors (Lipinski definition) is 5. The SMILES string of the molecule is N#C/C(C=N)=C/c1ccc(OCCN=O)cc1. The fraction of sp³-hybridized carbons (Fsp3) is 0.167. The molecule has 0 unspecified atom stereocenters. The number of nitrogens with one attached hydrogen (secondary N) is 1. The fourth-order valence-electron chi connectivity index (χ4n) is 1.15. The van der Waals surface area contributed by atoms with E-state index in [0.29, 0.717) is 5.75 Å². The molecule has 0 saturated heterocycles. The molecule has 17 heavy (non-hydrogen) atoms. The first-order chi connectivity index (χ1) is 8.30. The number of allylic oxidation sites excluding steroid dienone is 1. The predicted molar refractivity (Wildman–Crippen MR) is 65.0 cm³/mol. The lowest BCUT2D eigenvalue weighted by atomic mass is 10.1. The molecule has 0 spiro atoms. The molecule has 0 amide bonds. The van der Waals surface area contributed by atoms with Gasteiger partial charge >= 0.3 is 0 Å². The number of nitriles is 1. The maximum Gasteiger partial charge on any atom is 0.119 e. The second-order valence-electron chi connectivity index (χ2n) is 3.13. The van der Waals surface area contributed by atoms with Crippen LogP contribution in [0.2, 0.25) is 0 Å². The monoisotopic (exact) mass is 229 g/mol. The van der Waals surface area contributed by atoms with Crippen molar-refractivity contribution in [2.75, 3.05) is 13.2 Å². The Labute approximate surface area is 98.8 Å². The van der Waals surface area contributed by atoms with Crippen molar-refractivity contribution in [1.82, 2.24) is 0 Å². The molecule has 1 aromatic rings. The highest BCUT2D eigenvalue weighted by atomic mass is 16.5. The van der Waals surface area contributed by atoms with Crippen LogP contribution in [0.25, 0.3) is 6.08 Å². The summed E-state index contributed by atoms with van der Waals surface area (Å²) in [6, 6.07) is 8.90. The molecule has 86 valence electrons. The molecule has 1 rings (SSSR count). The average molecular weight is 229 g/mol. The van der Waals surface area contributed by atoms with Crippen LogP contribution >= 0.6 is 0 Å². The molecular formula is C12H11N3O2. The lowest BCUT2D eigenvalue weighted by Crippen LogP contribution is -1.99. The smallest absolute Gasteiger partial charge is 0.119 e. The van der Waals surface area contributed by atoms with Crippen LogP contribution in [0, 0.1) is 21.6 Å². The summed E-state index contributed by atoms with van der Waals surface area (Å²) in [7, 11) is 0. The first-order valence-electron chi connectivity index (χ1n) is 4.94. The van der Waals surface area contributed by atoms with Gasteiger partial charge in [-0.25, -0.2) is 0 Å². The average Bonchev–Trinajstić information content (AvgIpc) is 2.38. The molecule has 0 radical (unpaired) electrons. The quantitative estimate of drug-likeness (QED) is 0.351. The van der Waals surface area contributed by atoms with Gasteiger partial charge in [0, 0.05) is 6.21 Å². The highest BCUT2D eigenvalue weighted by Crippen LogP contribution is 2.14. The number of rotatable bonds is 6. The van der Waals surface area contributed by atoms with Gasteiger partial charge in [-0.2, -0.15) is 10.2 Å². The van der Waals surface area contributed by atoms with Gasteiger partial charge in [-0.3, -0.25) is 0 Å². The molecule has 0 fully saturated rings. The Balaban J connectivity index is 2.68. The summed E-state index contributed by atoms with van der Waals surface area (Å²) >= 11 is 0. The van der Waals surface area contributed by atoms with E-state index in [1.165, 1.54) is 0 Å². The van der Waals surface area contributed by atoms with Crippen molar-refractivity contribution in [3.05, 3.63) is 40.3 Å². The second kappa shape index (κ2) is 6.90. The van der Waals surface area contributed by atoms with Crippen LogP contribution in [0.4, 0.5) is 0 Å². The zero-order valence-electron chi connectivity index (χ0n) is 9.09. The largest absolute Gasteiger partial charge is 0.492 e. The molecule has 0 aromatic heterocycles. The van der Waals surface area contributed by atoms with Gasteiger partial charge in [0.05, 0.1) is 5.57 Å². The summed E-state index contributed by atoms with van der Waals surface area (Å²) in [5.41, 5.74) is 1.09. The van der Waals surface area contributed by atoms with Gasteiger partial charge in [-0.15, -0.1) is 0 Å². The molecule has 1 N–H and O–H groups in total. The van der Waals surface area contributed by atoms with Crippen LogP contribution in [-0.2, 0) is 0 Å². The Morgan fingerprint density at radius 2 is 2.18 bits per heavy atom. The summed E-state index contributed by atoms with van der Waals surface area (Å²) in [4.78, 5) is 9.85. The van der Waals surface area contributed by atoms with Crippen molar-refractivity contribution >= 4 is 12.3 Å². The number of hydrogen-bond donors (Lipinski definition) is 1. The van der Waals surface area contributed by atoms with Crippen molar-refractivity contribution < 1.29 is 4.74 Å². The van der Waals surface area contributed by atoms with Crippen LogP contribution in [0.3, 0.4) is 0 Å². The van der Waals surface area contributed by atoms with E-state index >= 15 is 0 Å². The lowest BCUT2D eigenvalue weighted by Gasteiger charge is -2.03. The molecule has 0 aliphatic carbocycles. The first-order valence-corrected chi connectivity index (χ1v) is 4.94. The maximum atomic E-state index is 9.85. The van der Waals surface area contributed by atoms with E-state index in [9.17, 15) is 4.91 Å². The number of nitrogens with zero attached hydrogens (tertiary/aromatic N) is 2. The van der Waals surface area contributed by atoms with Crippen molar-refractivity contribution in [3.63, 3.8) is 0 Å². The van der Waals surface area contributed by atoms with E-state index in [2.05, 4.69) is 5.18 Å². The van der Waals surface area contributed by atoms with E-state index < -0.39 is 0 Å². The van der Waals surface area contributed by atoms with Gasteiger partial charge in [0.15, 0.2) is 0 Å². The van der Waals surface area contributed by atoms with Gasteiger partial charge < -0.3 is 10.1 Å². The highest BCUT2D eigenvalue weighted by Gasteiger charge is 1.95. The Morgan fingerprint density at radius 3 is 2.71 bits per heavy atom. The third-order valence-corrected chi connectivity index (χ3v) is 1.94. The van der Waals surface area contributed by atoms with Gasteiger partial charge in [0.25, 0.3) is 0 Å². The first kappa shape index (κ1) is 12.6. The van der Waals surface area contributed by atoms with Crippen LogP contribution in [-0.4, -0.2) is 19.4 Å². The second-order valence-corrected chi connectivity index (χ2v) is 3.13. The standard InChI is InChI=1S/C12H11N3O2/c13-8-11(9-14)7-10-1-3-12(4-2-10)17-6-5-15-16/h1-4,7-8,13H,5-6H2/b11-7+,13-8?. The minimum atomic E-state index is 0.119. The Bertz CT molecular complexity index is 458. The molecule has 1 aromatic carbocycles. The zero-order chi connectivity index (χ0) is 12.5. The minimum Gasteiger partial charge on any atom is -0.492 e. The fourth-order valence-corrected chi connectivity index (χ4v) is 1.15. The van der Waals surface area contributed by atoms with Gasteiger partial charge in [0.1, 0.15) is 25.0 Å². The molecule has 5 nitrogen and oxygen atoms in total. The van der Waals surface area contributed by atoms with Gasteiger partial charge in [-0.1, -0.05) is 17.3 Å². The maximum absolute atomic E-state index is 9.85. The summed E-state index contributed by atoms with van der Waals surface area (Å²) in [5, 5.41) is 18.3. The molecule has 0 aliphatic heterocycles. The van der Waals surface area contributed by atoms with Crippen LogP contribution in [0.5, 0.6) is 5.75 Å². The number of ether oxygens (including phenoxy) is 1. The molecule has 0 bridgehead atoms. The molecule has 0 saturated carbocycles. The normalized spacial score (nSPS) is 10.4. The molecule has 0 aliphatic rings. The predicted octanol–water partition coefficient (Wildman–Crippen LogP) is 2.39. The molecule has 5 heteroatoms. The van der Waals surface area contributed by atoms with E-state index in [4.69, 9.17) is 15.4 Å². The van der Waals surface area contributed by atoms with Crippen LogP contribution in [0.15, 0.2) is 35.0 Å². The Hall–Kier alpha value is -2.48. The van der Waals surface area contributed by atoms with Crippen LogP contribution < -0.4 is 4.74 Å². The highest BCUT2D eigenvalue weighted by molar-refractivity contribution is 5.88.